The van der Waals surface area contributed by atoms with Gasteiger partial charge in [0.1, 0.15) is 0 Å². The molecular formula is C14H16F2O2. The fourth-order valence-electron chi connectivity index (χ4n) is 2.39. The monoisotopic (exact) mass is 254 g/mol. The van der Waals surface area contributed by atoms with Crippen molar-refractivity contribution in [3.8, 4) is 0 Å². The van der Waals surface area contributed by atoms with Crippen molar-refractivity contribution in [2.24, 2.45) is 5.92 Å². The van der Waals surface area contributed by atoms with Gasteiger partial charge < -0.3 is 4.74 Å². The van der Waals surface area contributed by atoms with Crippen LogP contribution in [0.25, 0.3) is 0 Å². The first-order chi connectivity index (χ1) is 8.56. The second kappa shape index (κ2) is 5.14. The van der Waals surface area contributed by atoms with Crippen LogP contribution in [0.1, 0.15) is 35.7 Å². The molecule has 0 aromatic heterocycles. The van der Waals surface area contributed by atoms with Crippen molar-refractivity contribution in [1.29, 1.82) is 0 Å². The summed E-state index contributed by atoms with van der Waals surface area (Å²) >= 11 is 0. The van der Waals surface area contributed by atoms with E-state index in [9.17, 15) is 13.6 Å². The summed E-state index contributed by atoms with van der Waals surface area (Å²) < 4.78 is 32.6. The van der Waals surface area contributed by atoms with Crippen LogP contribution in [-0.2, 0) is 4.74 Å². The minimum Gasteiger partial charge on any atom is -0.377 e. The topological polar surface area (TPSA) is 26.3 Å². The molecule has 0 amide bonds. The normalized spacial score (nSPS) is 23.3. The second-order valence-corrected chi connectivity index (χ2v) is 4.63. The number of aryl methyl sites for hydroxylation is 1. The number of carbonyl (C=O) groups is 1. The van der Waals surface area contributed by atoms with Gasteiger partial charge in [0.15, 0.2) is 17.4 Å². The van der Waals surface area contributed by atoms with Gasteiger partial charge in [-0.1, -0.05) is 13.0 Å². The van der Waals surface area contributed by atoms with Crippen LogP contribution in [0.2, 0.25) is 0 Å². The molecule has 1 aliphatic rings. The Balaban J connectivity index is 2.32. The van der Waals surface area contributed by atoms with Crippen LogP contribution in [0.3, 0.4) is 0 Å². The molecule has 1 fully saturated rings. The quantitative estimate of drug-likeness (QED) is 0.774. The summed E-state index contributed by atoms with van der Waals surface area (Å²) in [6.45, 7) is 3.90. The average molecular weight is 254 g/mol. The average Bonchev–Trinajstić information content (AvgIpc) is 2.83. The van der Waals surface area contributed by atoms with E-state index >= 15 is 0 Å². The van der Waals surface area contributed by atoms with Gasteiger partial charge >= 0.3 is 0 Å². The van der Waals surface area contributed by atoms with E-state index in [0.29, 0.717) is 19.4 Å². The summed E-state index contributed by atoms with van der Waals surface area (Å²) in [5.74, 6) is -2.68. The van der Waals surface area contributed by atoms with E-state index in [1.54, 1.807) is 0 Å². The van der Waals surface area contributed by atoms with Crippen LogP contribution < -0.4 is 0 Å². The molecule has 1 saturated heterocycles. The molecule has 0 saturated carbocycles. The first-order valence-electron chi connectivity index (χ1n) is 6.16. The van der Waals surface area contributed by atoms with Crippen molar-refractivity contribution >= 4 is 5.78 Å². The van der Waals surface area contributed by atoms with Crippen molar-refractivity contribution in [3.05, 3.63) is 34.9 Å². The van der Waals surface area contributed by atoms with Gasteiger partial charge in [-0.3, -0.25) is 4.79 Å². The van der Waals surface area contributed by atoms with Crippen LogP contribution in [0.4, 0.5) is 8.78 Å². The number of rotatable bonds is 3. The fourth-order valence-corrected chi connectivity index (χ4v) is 2.39. The molecule has 2 unspecified atom stereocenters. The zero-order valence-corrected chi connectivity index (χ0v) is 10.5. The highest BCUT2D eigenvalue weighted by molar-refractivity contribution is 5.98. The Morgan fingerprint density at radius 2 is 2.11 bits per heavy atom. The maximum Gasteiger partial charge on any atom is 0.171 e. The lowest BCUT2D eigenvalue weighted by atomic mass is 9.90. The standard InChI is InChI=1S/C14H16F2O2/c1-3-11-9(6-7-18-11)14(17)10-5-4-8(2)12(15)13(10)16/h4-5,9,11H,3,6-7H2,1-2H3. The highest BCUT2D eigenvalue weighted by Crippen LogP contribution is 2.28. The lowest BCUT2D eigenvalue weighted by Gasteiger charge is -2.16. The summed E-state index contributed by atoms with van der Waals surface area (Å²) in [6, 6.07) is 2.80. The highest BCUT2D eigenvalue weighted by Gasteiger charge is 2.34. The molecule has 0 N–H and O–H groups in total. The predicted molar refractivity (Wildman–Crippen MR) is 63.6 cm³/mol. The number of Topliss-reactive ketones (excluding diaryl/α,β-unsaturated/α-hetero) is 1. The smallest absolute Gasteiger partial charge is 0.171 e. The fraction of sp³-hybridized carbons (Fsp3) is 0.500. The van der Waals surface area contributed by atoms with Crippen LogP contribution >= 0.6 is 0 Å². The van der Waals surface area contributed by atoms with E-state index in [-0.39, 0.29) is 28.9 Å². The van der Waals surface area contributed by atoms with Crippen molar-refractivity contribution in [3.63, 3.8) is 0 Å². The van der Waals surface area contributed by atoms with Gasteiger partial charge in [-0.05, 0) is 31.4 Å². The Labute approximate surface area is 105 Å². The van der Waals surface area contributed by atoms with Gasteiger partial charge in [0.25, 0.3) is 0 Å². The summed E-state index contributed by atoms with van der Waals surface area (Å²) in [6.07, 6.45) is 1.10. The zero-order chi connectivity index (χ0) is 13.3. The number of carbonyl (C=O) groups excluding carboxylic acids is 1. The number of ketones is 1. The van der Waals surface area contributed by atoms with E-state index in [2.05, 4.69) is 0 Å². The van der Waals surface area contributed by atoms with Crippen molar-refractivity contribution in [2.75, 3.05) is 6.61 Å². The largest absolute Gasteiger partial charge is 0.377 e. The molecule has 0 bridgehead atoms. The Hall–Kier alpha value is -1.29. The lowest BCUT2D eigenvalue weighted by Crippen LogP contribution is -2.25. The van der Waals surface area contributed by atoms with Gasteiger partial charge in [0.2, 0.25) is 0 Å². The molecule has 2 nitrogen and oxygen atoms in total. The first-order valence-corrected chi connectivity index (χ1v) is 6.16. The van der Waals surface area contributed by atoms with E-state index in [1.807, 2.05) is 6.92 Å². The molecule has 1 heterocycles. The third kappa shape index (κ3) is 2.17. The minimum absolute atomic E-state index is 0.160. The van der Waals surface area contributed by atoms with Gasteiger partial charge in [0.05, 0.1) is 17.6 Å². The van der Waals surface area contributed by atoms with E-state index < -0.39 is 11.6 Å². The van der Waals surface area contributed by atoms with Gasteiger partial charge in [0, 0.05) is 6.61 Å². The van der Waals surface area contributed by atoms with Crippen molar-refractivity contribution in [1.82, 2.24) is 0 Å². The van der Waals surface area contributed by atoms with Crippen LogP contribution in [-0.4, -0.2) is 18.5 Å². The van der Waals surface area contributed by atoms with E-state index in [1.165, 1.54) is 19.1 Å². The van der Waals surface area contributed by atoms with Crippen molar-refractivity contribution in [2.45, 2.75) is 32.8 Å². The molecule has 18 heavy (non-hydrogen) atoms. The maximum absolute atomic E-state index is 13.8. The van der Waals surface area contributed by atoms with Gasteiger partial charge in [-0.2, -0.15) is 0 Å². The van der Waals surface area contributed by atoms with E-state index in [4.69, 9.17) is 4.74 Å². The third-order valence-corrected chi connectivity index (χ3v) is 3.49. The van der Waals surface area contributed by atoms with Crippen LogP contribution in [0, 0.1) is 24.5 Å². The Morgan fingerprint density at radius 3 is 2.78 bits per heavy atom. The molecule has 2 atom stereocenters. The maximum atomic E-state index is 13.8. The summed E-state index contributed by atoms with van der Waals surface area (Å²) in [5.41, 5.74) is 0.0470. The molecule has 1 aromatic rings. The number of hydrogen-bond acceptors (Lipinski definition) is 2. The number of ether oxygens (including phenoxy) is 1. The summed E-state index contributed by atoms with van der Waals surface area (Å²) in [4.78, 5) is 12.2. The Morgan fingerprint density at radius 1 is 1.39 bits per heavy atom. The number of benzene rings is 1. The molecule has 0 aliphatic carbocycles. The summed E-state index contributed by atoms with van der Waals surface area (Å²) in [7, 11) is 0. The third-order valence-electron chi connectivity index (χ3n) is 3.49. The number of hydrogen-bond donors (Lipinski definition) is 0. The molecule has 1 aliphatic heterocycles. The van der Waals surface area contributed by atoms with Crippen molar-refractivity contribution < 1.29 is 18.3 Å². The van der Waals surface area contributed by atoms with Crippen LogP contribution in [0.5, 0.6) is 0 Å². The Bertz CT molecular complexity index is 471. The minimum atomic E-state index is -1.04. The van der Waals surface area contributed by atoms with E-state index in [0.717, 1.165) is 0 Å². The van der Waals surface area contributed by atoms with Gasteiger partial charge in [-0.25, -0.2) is 8.78 Å². The lowest BCUT2D eigenvalue weighted by molar-refractivity contribution is 0.0685. The van der Waals surface area contributed by atoms with Crippen LogP contribution in [0.15, 0.2) is 12.1 Å². The molecule has 1 aromatic carbocycles. The molecule has 0 spiro atoms. The Kier molecular flexibility index (Phi) is 3.76. The molecule has 4 heteroatoms. The summed E-state index contributed by atoms with van der Waals surface area (Å²) in [5, 5.41) is 0. The number of halogens is 2. The first kappa shape index (κ1) is 13.1. The molecule has 2 rings (SSSR count). The zero-order valence-electron chi connectivity index (χ0n) is 10.5. The SMILES string of the molecule is CCC1OCCC1C(=O)c1ccc(C)c(F)c1F. The second-order valence-electron chi connectivity index (χ2n) is 4.63. The predicted octanol–water partition coefficient (Wildman–Crippen LogP) is 3.27. The van der Waals surface area contributed by atoms with Gasteiger partial charge in [-0.15, -0.1) is 0 Å². The molecule has 98 valence electrons. The molecular weight excluding hydrogens is 238 g/mol. The highest BCUT2D eigenvalue weighted by atomic mass is 19.2. The molecule has 0 radical (unpaired) electrons.